The Labute approximate surface area is 208 Å². The zero-order chi connectivity index (χ0) is 24.1. The summed E-state index contributed by atoms with van der Waals surface area (Å²) >= 11 is 7.69. The summed E-state index contributed by atoms with van der Waals surface area (Å²) in [5.74, 6) is 1.82. The van der Waals surface area contributed by atoms with Gasteiger partial charge in [0.1, 0.15) is 17.2 Å². The van der Waals surface area contributed by atoms with Crippen LogP contribution in [0.25, 0.3) is 0 Å². The third-order valence-electron chi connectivity index (χ3n) is 5.27. The minimum atomic E-state index is -0.347. The van der Waals surface area contributed by atoms with Gasteiger partial charge in [-0.05, 0) is 79.9 Å². The van der Waals surface area contributed by atoms with Crippen LogP contribution in [0.1, 0.15) is 16.7 Å². The molecule has 0 atom stereocenters. The van der Waals surface area contributed by atoms with Gasteiger partial charge in [0.15, 0.2) is 0 Å². The topological polar surface area (TPSA) is 65.8 Å². The highest BCUT2D eigenvalue weighted by molar-refractivity contribution is 7.97. The highest BCUT2D eigenvalue weighted by atomic mass is 35.5. The molecule has 0 bridgehead atoms. The van der Waals surface area contributed by atoms with Crippen molar-refractivity contribution >= 4 is 29.6 Å². The van der Waals surface area contributed by atoms with Gasteiger partial charge in [0.2, 0.25) is 0 Å². The van der Waals surface area contributed by atoms with Gasteiger partial charge in [-0.3, -0.25) is 0 Å². The molecule has 0 aromatic heterocycles. The number of nitriles is 1. The minimum Gasteiger partial charge on any atom is -0.456 e. The van der Waals surface area contributed by atoms with Crippen molar-refractivity contribution in [1.82, 2.24) is 9.21 Å². The lowest BCUT2D eigenvalue weighted by Crippen LogP contribution is -2.47. The number of carbonyl (C=O) groups excluding carboxylic acids is 1. The van der Waals surface area contributed by atoms with E-state index in [2.05, 4.69) is 10.4 Å². The van der Waals surface area contributed by atoms with Crippen LogP contribution >= 0.6 is 23.5 Å². The monoisotopic (exact) mass is 493 g/mol. The van der Waals surface area contributed by atoms with Crippen molar-refractivity contribution in [1.29, 1.82) is 5.26 Å². The fraction of sp³-hybridized carbons (Fsp3) is 0.231. The number of halogens is 1. The predicted octanol–water partition coefficient (Wildman–Crippen LogP) is 6.44. The number of rotatable bonds is 5. The molecule has 0 N–H and O–H groups in total. The summed E-state index contributed by atoms with van der Waals surface area (Å²) in [6.45, 7) is 6.33. The van der Waals surface area contributed by atoms with Crippen molar-refractivity contribution in [2.75, 3.05) is 26.2 Å². The zero-order valence-electron chi connectivity index (χ0n) is 19.0. The molecular formula is C26H24ClN3O3S. The lowest BCUT2D eigenvalue weighted by atomic mass is 10.2. The Morgan fingerprint density at radius 1 is 0.941 bits per heavy atom. The van der Waals surface area contributed by atoms with Crippen molar-refractivity contribution in [3.05, 3.63) is 82.4 Å². The maximum atomic E-state index is 12.5. The fourth-order valence-electron chi connectivity index (χ4n) is 3.49. The Kier molecular flexibility index (Phi) is 7.63. The largest absolute Gasteiger partial charge is 0.456 e. The average Bonchev–Trinajstić information content (AvgIpc) is 2.81. The molecule has 0 unspecified atom stereocenters. The van der Waals surface area contributed by atoms with Gasteiger partial charge in [-0.1, -0.05) is 29.3 Å². The van der Waals surface area contributed by atoms with E-state index in [9.17, 15) is 10.1 Å². The number of benzene rings is 3. The van der Waals surface area contributed by atoms with Gasteiger partial charge in [-0.2, -0.15) is 5.26 Å². The zero-order valence-corrected chi connectivity index (χ0v) is 20.5. The number of nitrogens with zero attached hydrogens (tertiary/aromatic N) is 3. The average molecular weight is 494 g/mol. The van der Waals surface area contributed by atoms with E-state index in [0.717, 1.165) is 16.0 Å². The minimum absolute atomic E-state index is 0.347. The molecule has 6 nitrogen and oxygen atoms in total. The molecule has 4 rings (SSSR count). The molecule has 1 aliphatic rings. The van der Waals surface area contributed by atoms with Gasteiger partial charge in [-0.15, -0.1) is 0 Å². The summed E-state index contributed by atoms with van der Waals surface area (Å²) in [6.07, 6.45) is -0.347. The third-order valence-corrected chi connectivity index (χ3v) is 6.62. The molecule has 1 saturated heterocycles. The molecule has 0 saturated carbocycles. The van der Waals surface area contributed by atoms with E-state index in [4.69, 9.17) is 21.1 Å². The van der Waals surface area contributed by atoms with Crippen LogP contribution in [-0.2, 0) is 0 Å². The van der Waals surface area contributed by atoms with Gasteiger partial charge in [0.05, 0.1) is 16.5 Å². The van der Waals surface area contributed by atoms with Crippen LogP contribution in [0.3, 0.4) is 0 Å². The Bertz CT molecular complexity index is 1200. The first-order valence-electron chi connectivity index (χ1n) is 10.8. The molecule has 1 fully saturated rings. The van der Waals surface area contributed by atoms with Crippen LogP contribution in [0.5, 0.6) is 17.2 Å². The number of hydrogen-bond acceptors (Lipinski definition) is 6. The molecule has 0 radical (unpaired) electrons. The highest BCUT2D eigenvalue weighted by Crippen LogP contribution is 2.37. The third kappa shape index (κ3) is 6.23. The van der Waals surface area contributed by atoms with Crippen LogP contribution in [0.15, 0.2) is 65.6 Å². The maximum absolute atomic E-state index is 12.5. The molecule has 34 heavy (non-hydrogen) atoms. The number of piperazine rings is 1. The van der Waals surface area contributed by atoms with Gasteiger partial charge in [-0.25, -0.2) is 9.10 Å². The first-order valence-corrected chi connectivity index (χ1v) is 12.0. The van der Waals surface area contributed by atoms with Gasteiger partial charge in [0.25, 0.3) is 0 Å². The Morgan fingerprint density at radius 2 is 1.68 bits per heavy atom. The van der Waals surface area contributed by atoms with E-state index < -0.39 is 0 Å². The quantitative estimate of drug-likeness (QED) is 0.381. The van der Waals surface area contributed by atoms with E-state index in [1.807, 2.05) is 44.2 Å². The molecule has 1 heterocycles. The first kappa shape index (κ1) is 24.0. The molecule has 174 valence electrons. The van der Waals surface area contributed by atoms with E-state index in [-0.39, 0.29) is 6.09 Å². The molecule has 0 spiro atoms. The van der Waals surface area contributed by atoms with E-state index >= 15 is 0 Å². The lowest BCUT2D eigenvalue weighted by Gasteiger charge is -2.33. The summed E-state index contributed by atoms with van der Waals surface area (Å²) in [5.41, 5.74) is 2.66. The fourth-order valence-corrected chi connectivity index (χ4v) is 4.78. The maximum Gasteiger partial charge on any atom is 0.415 e. The van der Waals surface area contributed by atoms with Crippen molar-refractivity contribution in [3.63, 3.8) is 0 Å². The second-order valence-electron chi connectivity index (χ2n) is 8.03. The van der Waals surface area contributed by atoms with Gasteiger partial charge >= 0.3 is 6.09 Å². The van der Waals surface area contributed by atoms with Crippen LogP contribution in [0.4, 0.5) is 4.79 Å². The van der Waals surface area contributed by atoms with Crippen molar-refractivity contribution in [2.45, 2.75) is 18.7 Å². The highest BCUT2D eigenvalue weighted by Gasteiger charge is 2.24. The lowest BCUT2D eigenvalue weighted by molar-refractivity contribution is 0.135. The van der Waals surface area contributed by atoms with E-state index in [1.165, 1.54) is 11.9 Å². The summed E-state index contributed by atoms with van der Waals surface area (Å²) in [5, 5.41) is 9.97. The number of carbonyl (C=O) groups is 1. The van der Waals surface area contributed by atoms with Crippen LogP contribution in [0, 0.1) is 25.2 Å². The summed E-state index contributed by atoms with van der Waals surface area (Å²) in [4.78, 5) is 15.1. The van der Waals surface area contributed by atoms with E-state index in [1.54, 1.807) is 35.2 Å². The van der Waals surface area contributed by atoms with Crippen LogP contribution in [-0.4, -0.2) is 41.5 Å². The molecular weight excluding hydrogens is 470 g/mol. The van der Waals surface area contributed by atoms with Gasteiger partial charge in [0, 0.05) is 31.2 Å². The first-order chi connectivity index (χ1) is 16.4. The van der Waals surface area contributed by atoms with E-state index in [0.29, 0.717) is 54.0 Å². The molecule has 1 amide bonds. The summed E-state index contributed by atoms with van der Waals surface area (Å²) < 4.78 is 13.8. The summed E-state index contributed by atoms with van der Waals surface area (Å²) in [7, 11) is 0. The SMILES string of the molecule is Cc1ccc(OC(=O)N2CCN(Sc3cc(C#N)ccc3Oc3cc(C)cc(Cl)c3)CC2)cc1. The Balaban J connectivity index is 1.40. The van der Waals surface area contributed by atoms with Crippen molar-refractivity contribution < 1.29 is 14.3 Å². The molecule has 8 heteroatoms. The molecule has 3 aromatic rings. The second kappa shape index (κ2) is 10.8. The van der Waals surface area contributed by atoms with Crippen molar-refractivity contribution in [2.24, 2.45) is 0 Å². The second-order valence-corrected chi connectivity index (χ2v) is 9.60. The standard InChI is InChI=1S/C26H24ClN3O3S/c1-18-3-6-22(7-4-18)33-26(31)29-9-11-30(12-10-29)34-25-15-20(17-28)5-8-24(25)32-23-14-19(2)13-21(27)16-23/h3-8,13-16H,9-12H2,1-2H3. The smallest absolute Gasteiger partial charge is 0.415 e. The molecule has 1 aliphatic heterocycles. The van der Waals surface area contributed by atoms with Crippen LogP contribution < -0.4 is 9.47 Å². The number of aryl methyl sites for hydroxylation is 2. The predicted molar refractivity (Wildman–Crippen MR) is 134 cm³/mol. The van der Waals surface area contributed by atoms with Crippen LogP contribution in [0.2, 0.25) is 5.02 Å². The number of hydrogen-bond donors (Lipinski definition) is 0. The normalized spacial score (nSPS) is 13.9. The molecule has 3 aromatic carbocycles. The van der Waals surface area contributed by atoms with Gasteiger partial charge < -0.3 is 14.4 Å². The molecule has 0 aliphatic carbocycles. The number of amides is 1. The summed E-state index contributed by atoms with van der Waals surface area (Å²) in [6, 6.07) is 20.5. The Hall–Kier alpha value is -3.18. The Morgan fingerprint density at radius 3 is 2.35 bits per heavy atom. The van der Waals surface area contributed by atoms with Crippen molar-refractivity contribution in [3.8, 4) is 23.3 Å². The number of ether oxygens (including phenoxy) is 2.